The van der Waals surface area contributed by atoms with E-state index in [1.54, 1.807) is 25.1 Å². The maximum atomic E-state index is 13.4. The summed E-state index contributed by atoms with van der Waals surface area (Å²) in [6.07, 6.45) is 1.55. The fraction of sp³-hybridized carbons (Fsp3) is 0.222. The molecule has 0 saturated heterocycles. The highest BCUT2D eigenvalue weighted by molar-refractivity contribution is 7.92. The molecule has 39 heavy (non-hydrogen) atoms. The molecule has 0 N–H and O–H groups in total. The Morgan fingerprint density at radius 1 is 1.08 bits per heavy atom. The lowest BCUT2D eigenvalue weighted by atomic mass is 10.0. The summed E-state index contributed by atoms with van der Waals surface area (Å²) in [7, 11) is -3.82. The second-order valence-electron chi connectivity index (χ2n) is 8.76. The third-order valence-corrected chi connectivity index (χ3v) is 9.60. The molecule has 1 aromatic heterocycles. The van der Waals surface area contributed by atoms with Gasteiger partial charge < -0.3 is 9.30 Å². The number of hydrogen-bond acceptors (Lipinski definition) is 6. The number of amides is 1. The molecule has 0 aliphatic carbocycles. The van der Waals surface area contributed by atoms with Crippen LogP contribution in [0.3, 0.4) is 0 Å². The number of carbonyl (C=O) groups excluding carboxylic acids is 2. The number of aromatic nitrogens is 1. The number of sulfonamides is 1. The lowest BCUT2D eigenvalue weighted by Crippen LogP contribution is -2.35. The number of hydrogen-bond donors (Lipinski definition) is 0. The van der Waals surface area contributed by atoms with E-state index < -0.39 is 21.9 Å². The number of ether oxygens (including phenoxy) is 1. The third kappa shape index (κ3) is 5.47. The van der Waals surface area contributed by atoms with Crippen LogP contribution in [0.4, 0.5) is 5.69 Å². The van der Waals surface area contributed by atoms with Gasteiger partial charge in [0.05, 0.1) is 32.4 Å². The second kappa shape index (κ2) is 11.1. The van der Waals surface area contributed by atoms with Gasteiger partial charge in [0.25, 0.3) is 15.9 Å². The largest absolute Gasteiger partial charge is 0.465 e. The Balaban J connectivity index is 1.49. The smallest absolute Gasteiger partial charge is 0.326 e. The van der Waals surface area contributed by atoms with Gasteiger partial charge in [-0.3, -0.25) is 13.9 Å². The molecular weight excluding hydrogens is 581 g/mol. The monoisotopic (exact) mass is 603 g/mol. The van der Waals surface area contributed by atoms with E-state index in [9.17, 15) is 18.0 Å². The number of nitrogens with zero attached hydrogens (tertiary/aromatic N) is 3. The van der Waals surface area contributed by atoms with Gasteiger partial charge in [-0.05, 0) is 67.8 Å². The van der Waals surface area contributed by atoms with Gasteiger partial charge in [0, 0.05) is 17.1 Å². The minimum absolute atomic E-state index is 0.0800. The highest BCUT2D eigenvalue weighted by Gasteiger charge is 2.29. The molecule has 0 unspecified atom stereocenters. The molecule has 5 rings (SSSR count). The second-order valence-corrected chi connectivity index (χ2v) is 12.5. The SMILES string of the molecule is CCOC(=O)Cn1c(=NC(=O)c2ccc(S(=O)(=O)N3CCCc4ccccc43)cc2)sc2cc(Cl)cc(Cl)c21. The van der Waals surface area contributed by atoms with Crippen molar-refractivity contribution in [2.75, 3.05) is 17.5 Å². The van der Waals surface area contributed by atoms with Crippen LogP contribution >= 0.6 is 34.5 Å². The molecule has 1 aliphatic rings. The van der Waals surface area contributed by atoms with Crippen LogP contribution in [0.15, 0.2) is 70.6 Å². The van der Waals surface area contributed by atoms with Gasteiger partial charge in [-0.25, -0.2) is 8.42 Å². The van der Waals surface area contributed by atoms with Crippen molar-refractivity contribution in [2.45, 2.75) is 31.2 Å². The molecule has 0 bridgehead atoms. The van der Waals surface area contributed by atoms with Crippen molar-refractivity contribution in [3.63, 3.8) is 0 Å². The first-order chi connectivity index (χ1) is 18.7. The summed E-state index contributed by atoms with van der Waals surface area (Å²) in [6, 6.07) is 16.4. The molecule has 202 valence electrons. The summed E-state index contributed by atoms with van der Waals surface area (Å²) in [4.78, 5) is 30.0. The van der Waals surface area contributed by atoms with Crippen molar-refractivity contribution in [1.82, 2.24) is 4.57 Å². The molecule has 8 nitrogen and oxygen atoms in total. The Bertz CT molecular complexity index is 1760. The van der Waals surface area contributed by atoms with Gasteiger partial charge in [0.1, 0.15) is 6.54 Å². The first kappa shape index (κ1) is 27.4. The quantitative estimate of drug-likeness (QED) is 0.273. The molecule has 0 saturated carbocycles. The van der Waals surface area contributed by atoms with Crippen LogP contribution in [-0.2, 0) is 32.5 Å². The normalized spacial score (nSPS) is 13.9. The number of aryl methyl sites for hydroxylation is 1. The summed E-state index contributed by atoms with van der Waals surface area (Å²) in [5.74, 6) is -1.11. The molecule has 1 aliphatic heterocycles. The summed E-state index contributed by atoms with van der Waals surface area (Å²) in [6.45, 7) is 2.08. The summed E-state index contributed by atoms with van der Waals surface area (Å²) in [5.41, 5.74) is 2.36. The van der Waals surface area contributed by atoms with Crippen LogP contribution in [0, 0.1) is 0 Å². The molecule has 4 aromatic rings. The van der Waals surface area contributed by atoms with Crippen LogP contribution in [0.25, 0.3) is 10.2 Å². The maximum absolute atomic E-state index is 13.4. The molecule has 12 heteroatoms. The molecule has 3 aromatic carbocycles. The van der Waals surface area contributed by atoms with Crippen molar-refractivity contribution in [2.24, 2.45) is 4.99 Å². The lowest BCUT2D eigenvalue weighted by Gasteiger charge is -2.30. The van der Waals surface area contributed by atoms with Crippen molar-refractivity contribution in [3.8, 4) is 0 Å². The predicted octanol–water partition coefficient (Wildman–Crippen LogP) is 5.46. The summed E-state index contributed by atoms with van der Waals surface area (Å²) >= 11 is 13.7. The minimum atomic E-state index is -3.82. The molecule has 2 heterocycles. The van der Waals surface area contributed by atoms with Crippen molar-refractivity contribution in [3.05, 3.63) is 86.6 Å². The molecule has 0 atom stereocenters. The van der Waals surface area contributed by atoms with Crippen LogP contribution in [-0.4, -0.2) is 38.0 Å². The number of esters is 1. The lowest BCUT2D eigenvalue weighted by molar-refractivity contribution is -0.143. The van der Waals surface area contributed by atoms with Gasteiger partial charge in [0.2, 0.25) is 0 Å². The Hall–Kier alpha value is -3.18. The molecule has 0 spiro atoms. The molecular formula is C27H23Cl2N3O5S2. The van der Waals surface area contributed by atoms with Crippen molar-refractivity contribution in [1.29, 1.82) is 0 Å². The number of halogens is 2. The highest BCUT2D eigenvalue weighted by atomic mass is 35.5. The van der Waals surface area contributed by atoms with E-state index in [0.717, 1.165) is 29.7 Å². The number of carbonyl (C=O) groups is 2. The van der Waals surface area contributed by atoms with Gasteiger partial charge in [-0.2, -0.15) is 4.99 Å². The number of benzene rings is 3. The zero-order chi connectivity index (χ0) is 27.7. The zero-order valence-electron chi connectivity index (χ0n) is 20.8. The van der Waals surface area contributed by atoms with E-state index in [0.29, 0.717) is 32.5 Å². The standard InChI is InChI=1S/C27H23Cl2N3O5S2/c1-2-37-24(33)16-31-25-21(29)14-19(28)15-23(25)38-27(31)30-26(34)18-9-11-20(12-10-18)39(35,36)32-13-5-7-17-6-3-4-8-22(17)32/h3-4,6,8-12,14-15H,2,5,7,13,16H2,1H3. The van der Waals surface area contributed by atoms with E-state index in [2.05, 4.69) is 4.99 Å². The van der Waals surface area contributed by atoms with Crippen LogP contribution in [0.2, 0.25) is 10.0 Å². The first-order valence-corrected chi connectivity index (χ1v) is 15.1. The topological polar surface area (TPSA) is 98.0 Å². The van der Waals surface area contributed by atoms with Gasteiger partial charge in [-0.1, -0.05) is 52.7 Å². The van der Waals surface area contributed by atoms with E-state index in [4.69, 9.17) is 27.9 Å². The van der Waals surface area contributed by atoms with Crippen LogP contribution in [0.5, 0.6) is 0 Å². The van der Waals surface area contributed by atoms with Crippen LogP contribution in [0.1, 0.15) is 29.3 Å². The van der Waals surface area contributed by atoms with Crippen molar-refractivity contribution < 1.29 is 22.7 Å². The Morgan fingerprint density at radius 3 is 2.56 bits per heavy atom. The number of rotatable bonds is 6. The van der Waals surface area contributed by atoms with Crippen LogP contribution < -0.4 is 9.11 Å². The van der Waals surface area contributed by atoms with Gasteiger partial charge >= 0.3 is 5.97 Å². The maximum Gasteiger partial charge on any atom is 0.326 e. The van der Waals surface area contributed by atoms with Gasteiger partial charge in [-0.15, -0.1) is 0 Å². The summed E-state index contributed by atoms with van der Waals surface area (Å²) in [5, 5.41) is 0.712. The highest BCUT2D eigenvalue weighted by Crippen LogP contribution is 2.32. The number of fused-ring (bicyclic) bond motifs is 2. The Morgan fingerprint density at radius 2 is 1.82 bits per heavy atom. The molecule has 0 radical (unpaired) electrons. The molecule has 0 fully saturated rings. The van der Waals surface area contributed by atoms with Crippen molar-refractivity contribution >= 4 is 72.3 Å². The number of para-hydroxylation sites is 1. The van der Waals surface area contributed by atoms with E-state index in [-0.39, 0.29) is 28.4 Å². The van der Waals surface area contributed by atoms with Gasteiger partial charge in [0.15, 0.2) is 4.80 Å². The van der Waals surface area contributed by atoms with E-state index >= 15 is 0 Å². The fourth-order valence-corrected chi connectivity index (χ4v) is 7.84. The Kier molecular flexibility index (Phi) is 7.82. The Labute approximate surface area is 239 Å². The minimum Gasteiger partial charge on any atom is -0.465 e. The average molecular weight is 605 g/mol. The van der Waals surface area contributed by atoms with E-state index in [1.807, 2.05) is 18.2 Å². The zero-order valence-corrected chi connectivity index (χ0v) is 23.9. The summed E-state index contributed by atoms with van der Waals surface area (Å²) < 4.78 is 35.5. The average Bonchev–Trinajstić information content (AvgIpc) is 3.24. The fourth-order valence-electron chi connectivity index (χ4n) is 4.49. The molecule has 1 amide bonds. The number of anilines is 1. The first-order valence-electron chi connectivity index (χ1n) is 12.1. The van der Waals surface area contributed by atoms with E-state index in [1.165, 1.54) is 33.1 Å². The third-order valence-electron chi connectivity index (χ3n) is 6.24. The number of thiazole rings is 1. The predicted molar refractivity (Wildman–Crippen MR) is 152 cm³/mol.